The highest BCUT2D eigenvalue weighted by molar-refractivity contribution is 7.20. The zero-order valence-corrected chi connectivity index (χ0v) is 15.7. The van der Waals surface area contributed by atoms with Gasteiger partial charge in [0.2, 0.25) is 10.1 Å². The van der Waals surface area contributed by atoms with Crippen molar-refractivity contribution in [2.24, 2.45) is 5.92 Å². The third-order valence-electron chi connectivity index (χ3n) is 5.06. The minimum absolute atomic E-state index is 0.149. The van der Waals surface area contributed by atoms with Crippen LogP contribution in [0.3, 0.4) is 0 Å². The summed E-state index contributed by atoms with van der Waals surface area (Å²) in [4.78, 5) is 19.2. The van der Waals surface area contributed by atoms with E-state index in [-0.39, 0.29) is 5.56 Å². The van der Waals surface area contributed by atoms with E-state index < -0.39 is 0 Å². The highest BCUT2D eigenvalue weighted by Crippen LogP contribution is 2.27. The van der Waals surface area contributed by atoms with Crippen LogP contribution in [0, 0.1) is 5.92 Å². The third kappa shape index (κ3) is 3.64. The second-order valence-corrected chi connectivity index (χ2v) is 7.87. The summed E-state index contributed by atoms with van der Waals surface area (Å²) < 4.78 is 1.35. The molecule has 136 valence electrons. The SMILES string of the molecule is CC1CCN(C(CNc2nn3c(=O)ccnc3s2)c2ccccc2)CC1. The van der Waals surface area contributed by atoms with Crippen molar-refractivity contribution in [3.05, 3.63) is 58.5 Å². The van der Waals surface area contributed by atoms with Gasteiger partial charge in [-0.1, -0.05) is 48.6 Å². The third-order valence-corrected chi connectivity index (χ3v) is 5.94. The van der Waals surface area contributed by atoms with Crippen LogP contribution in [0.15, 0.2) is 47.4 Å². The zero-order valence-electron chi connectivity index (χ0n) is 14.8. The minimum atomic E-state index is -0.149. The van der Waals surface area contributed by atoms with Gasteiger partial charge < -0.3 is 5.32 Å². The lowest BCUT2D eigenvalue weighted by atomic mass is 9.96. The molecule has 3 heterocycles. The monoisotopic (exact) mass is 369 g/mol. The molecule has 1 aliphatic heterocycles. The largest absolute Gasteiger partial charge is 0.358 e. The van der Waals surface area contributed by atoms with Crippen molar-refractivity contribution in [2.75, 3.05) is 25.0 Å². The first kappa shape index (κ1) is 17.2. The lowest BCUT2D eigenvalue weighted by Gasteiger charge is -2.37. The van der Waals surface area contributed by atoms with Crippen molar-refractivity contribution in [3.8, 4) is 0 Å². The summed E-state index contributed by atoms with van der Waals surface area (Å²) in [5.41, 5.74) is 1.16. The summed E-state index contributed by atoms with van der Waals surface area (Å²) in [5.74, 6) is 0.804. The number of piperidine rings is 1. The highest BCUT2D eigenvalue weighted by atomic mass is 32.1. The zero-order chi connectivity index (χ0) is 17.9. The molecule has 2 aromatic heterocycles. The number of fused-ring (bicyclic) bond motifs is 1. The Hall–Kier alpha value is -2.25. The molecule has 4 rings (SSSR count). The van der Waals surface area contributed by atoms with Crippen LogP contribution in [0.4, 0.5) is 5.13 Å². The van der Waals surface area contributed by atoms with E-state index in [4.69, 9.17) is 0 Å². The fraction of sp³-hybridized carbons (Fsp3) is 0.421. The lowest BCUT2D eigenvalue weighted by molar-refractivity contribution is 0.143. The number of anilines is 1. The van der Waals surface area contributed by atoms with Crippen molar-refractivity contribution in [3.63, 3.8) is 0 Å². The van der Waals surface area contributed by atoms with Crippen molar-refractivity contribution >= 4 is 21.4 Å². The second-order valence-electron chi connectivity index (χ2n) is 6.91. The standard InChI is InChI=1S/C19H23N5OS/c1-14-8-11-23(12-9-14)16(15-5-3-2-4-6-15)13-21-18-22-24-17(25)7-10-20-19(24)26-18/h2-7,10,14,16H,8-9,11-13H2,1H3,(H,21,22). The van der Waals surface area contributed by atoms with E-state index in [0.717, 1.165) is 30.7 Å². The van der Waals surface area contributed by atoms with Crippen molar-refractivity contribution in [1.82, 2.24) is 19.5 Å². The van der Waals surface area contributed by atoms with E-state index in [1.807, 2.05) is 0 Å². The number of nitrogens with one attached hydrogen (secondary N) is 1. The molecule has 1 N–H and O–H groups in total. The van der Waals surface area contributed by atoms with Crippen LogP contribution in [-0.2, 0) is 0 Å². The van der Waals surface area contributed by atoms with Crippen LogP contribution >= 0.6 is 11.3 Å². The van der Waals surface area contributed by atoms with Crippen LogP contribution in [0.25, 0.3) is 4.96 Å². The quantitative estimate of drug-likeness (QED) is 0.749. The summed E-state index contributed by atoms with van der Waals surface area (Å²) in [6.45, 7) is 5.32. The number of hydrogen-bond acceptors (Lipinski definition) is 6. The normalized spacial score (nSPS) is 17.4. The van der Waals surface area contributed by atoms with Crippen LogP contribution in [0.2, 0.25) is 0 Å². The Bertz CT molecular complexity index is 914. The first-order valence-corrected chi connectivity index (χ1v) is 9.90. The Labute approximate surface area is 156 Å². The topological polar surface area (TPSA) is 62.5 Å². The summed E-state index contributed by atoms with van der Waals surface area (Å²) >= 11 is 1.41. The van der Waals surface area contributed by atoms with Gasteiger partial charge in [-0.2, -0.15) is 4.52 Å². The number of rotatable bonds is 5. The molecule has 26 heavy (non-hydrogen) atoms. The van der Waals surface area contributed by atoms with Crippen molar-refractivity contribution < 1.29 is 0 Å². The number of aromatic nitrogens is 3. The van der Waals surface area contributed by atoms with Gasteiger partial charge in [0, 0.05) is 18.8 Å². The number of hydrogen-bond donors (Lipinski definition) is 1. The number of benzene rings is 1. The van der Waals surface area contributed by atoms with Gasteiger partial charge in [-0.3, -0.25) is 9.69 Å². The van der Waals surface area contributed by atoms with Crippen LogP contribution < -0.4 is 10.9 Å². The minimum Gasteiger partial charge on any atom is -0.358 e. The molecule has 1 saturated heterocycles. The average Bonchev–Trinajstić information content (AvgIpc) is 3.09. The molecule has 0 bridgehead atoms. The van der Waals surface area contributed by atoms with Crippen LogP contribution in [0.1, 0.15) is 31.4 Å². The van der Waals surface area contributed by atoms with E-state index in [1.165, 1.54) is 46.5 Å². The fourth-order valence-electron chi connectivity index (χ4n) is 3.47. The number of nitrogens with zero attached hydrogens (tertiary/aromatic N) is 4. The summed E-state index contributed by atoms with van der Waals surface area (Å²) in [6, 6.07) is 12.3. The Balaban J connectivity index is 1.54. The maximum absolute atomic E-state index is 11.9. The molecule has 1 aromatic carbocycles. The summed E-state index contributed by atoms with van der Waals surface area (Å²) in [6.07, 6.45) is 4.01. The van der Waals surface area contributed by atoms with E-state index >= 15 is 0 Å². The van der Waals surface area contributed by atoms with Gasteiger partial charge in [0.15, 0.2) is 0 Å². The second kappa shape index (κ2) is 7.55. The van der Waals surface area contributed by atoms with Gasteiger partial charge in [0.1, 0.15) is 0 Å². The smallest absolute Gasteiger partial charge is 0.275 e. The Morgan fingerprint density at radius 2 is 2.00 bits per heavy atom. The van der Waals surface area contributed by atoms with Gasteiger partial charge in [0.25, 0.3) is 5.56 Å². The maximum Gasteiger partial charge on any atom is 0.275 e. The lowest BCUT2D eigenvalue weighted by Crippen LogP contribution is -2.39. The average molecular weight is 369 g/mol. The molecular formula is C19H23N5OS. The molecule has 0 radical (unpaired) electrons. The highest BCUT2D eigenvalue weighted by Gasteiger charge is 2.24. The first-order valence-electron chi connectivity index (χ1n) is 9.08. The van der Waals surface area contributed by atoms with Crippen molar-refractivity contribution in [1.29, 1.82) is 0 Å². The molecule has 3 aromatic rings. The predicted molar refractivity (Wildman–Crippen MR) is 105 cm³/mol. The summed E-state index contributed by atoms with van der Waals surface area (Å²) in [7, 11) is 0. The Kier molecular flexibility index (Phi) is 4.99. The first-order chi connectivity index (χ1) is 12.7. The molecule has 1 atom stereocenters. The molecule has 0 saturated carbocycles. The predicted octanol–water partition coefficient (Wildman–Crippen LogP) is 3.04. The maximum atomic E-state index is 11.9. The van der Waals surface area contributed by atoms with Gasteiger partial charge in [-0.15, -0.1) is 5.10 Å². The van der Waals surface area contributed by atoms with E-state index in [9.17, 15) is 4.79 Å². The van der Waals surface area contributed by atoms with Crippen LogP contribution in [-0.4, -0.2) is 39.1 Å². The van der Waals surface area contributed by atoms with Gasteiger partial charge in [-0.25, -0.2) is 4.98 Å². The molecule has 0 aliphatic carbocycles. The van der Waals surface area contributed by atoms with E-state index in [0.29, 0.717) is 11.0 Å². The molecule has 1 fully saturated rings. The molecule has 6 nitrogen and oxygen atoms in total. The Morgan fingerprint density at radius 1 is 1.23 bits per heavy atom. The molecule has 0 amide bonds. The van der Waals surface area contributed by atoms with Gasteiger partial charge in [-0.05, 0) is 37.4 Å². The van der Waals surface area contributed by atoms with Crippen molar-refractivity contribution in [2.45, 2.75) is 25.8 Å². The molecule has 1 unspecified atom stereocenters. The number of likely N-dealkylation sites (tertiary alicyclic amines) is 1. The van der Waals surface area contributed by atoms with E-state index in [2.05, 4.69) is 57.6 Å². The van der Waals surface area contributed by atoms with Gasteiger partial charge >= 0.3 is 0 Å². The van der Waals surface area contributed by atoms with Gasteiger partial charge in [0.05, 0.1) is 6.04 Å². The summed E-state index contributed by atoms with van der Waals surface area (Å²) in [5, 5.41) is 8.53. The Morgan fingerprint density at radius 3 is 2.73 bits per heavy atom. The molecule has 7 heteroatoms. The molecule has 1 aliphatic rings. The van der Waals surface area contributed by atoms with Crippen LogP contribution in [0.5, 0.6) is 0 Å². The molecule has 0 spiro atoms. The fourth-order valence-corrected chi connectivity index (χ4v) is 4.25. The van der Waals surface area contributed by atoms with E-state index in [1.54, 1.807) is 0 Å². The molecular weight excluding hydrogens is 346 g/mol.